The molecule has 20 heavy (non-hydrogen) atoms. The minimum atomic E-state index is 0.560. The van der Waals surface area contributed by atoms with Crippen LogP contribution in [0.3, 0.4) is 0 Å². The largest absolute Gasteiger partial charge is 0.486 e. The highest BCUT2D eigenvalue weighted by Crippen LogP contribution is 2.36. The molecular weight excluding hydrogens is 258 g/mol. The Balaban J connectivity index is 1.65. The Morgan fingerprint density at radius 3 is 2.75 bits per heavy atom. The Morgan fingerprint density at radius 1 is 1.30 bits per heavy atom. The molecule has 1 aliphatic rings. The lowest BCUT2D eigenvalue weighted by molar-refractivity contribution is 0.172. The molecule has 1 aromatic carbocycles. The van der Waals surface area contributed by atoms with Gasteiger partial charge in [0.15, 0.2) is 17.3 Å². The van der Waals surface area contributed by atoms with Crippen molar-refractivity contribution >= 4 is 11.4 Å². The van der Waals surface area contributed by atoms with Crippen LogP contribution in [0.25, 0.3) is 0 Å². The molecule has 0 spiro atoms. The number of nitrogens with two attached hydrogens (primary N) is 1. The smallest absolute Gasteiger partial charge is 0.163 e. The molecule has 0 saturated heterocycles. The van der Waals surface area contributed by atoms with Crippen LogP contribution in [0.2, 0.25) is 0 Å². The van der Waals surface area contributed by atoms with Crippen molar-refractivity contribution in [1.82, 2.24) is 14.8 Å². The van der Waals surface area contributed by atoms with Crippen molar-refractivity contribution in [2.45, 2.75) is 6.42 Å². The van der Waals surface area contributed by atoms with Crippen LogP contribution in [-0.4, -0.2) is 34.5 Å². The zero-order chi connectivity index (χ0) is 13.9. The van der Waals surface area contributed by atoms with Gasteiger partial charge >= 0.3 is 0 Å². The standard InChI is InChI=1S/C13H17N5O2/c1-18-8-16-13(17-18)2-3-15-10-7-12-11(6-9(10)14)19-4-5-20-12/h6-8,15H,2-5,14H2,1H3. The van der Waals surface area contributed by atoms with Gasteiger partial charge in [0.05, 0.1) is 11.4 Å². The Labute approximate surface area is 116 Å². The first-order chi connectivity index (χ1) is 9.72. The highest BCUT2D eigenvalue weighted by atomic mass is 16.6. The number of ether oxygens (including phenoxy) is 2. The molecule has 7 nitrogen and oxygen atoms in total. The van der Waals surface area contributed by atoms with Gasteiger partial charge in [-0.05, 0) is 0 Å². The number of fused-ring (bicyclic) bond motifs is 1. The highest BCUT2D eigenvalue weighted by Gasteiger charge is 2.14. The third-order valence-electron chi connectivity index (χ3n) is 3.03. The van der Waals surface area contributed by atoms with Crippen LogP contribution < -0.4 is 20.5 Å². The molecule has 7 heteroatoms. The second kappa shape index (κ2) is 5.28. The summed E-state index contributed by atoms with van der Waals surface area (Å²) in [4.78, 5) is 4.18. The predicted molar refractivity (Wildman–Crippen MR) is 75.0 cm³/mol. The van der Waals surface area contributed by atoms with Crippen LogP contribution >= 0.6 is 0 Å². The van der Waals surface area contributed by atoms with Gasteiger partial charge in [0.2, 0.25) is 0 Å². The number of hydrogen-bond donors (Lipinski definition) is 2. The molecule has 106 valence electrons. The maximum Gasteiger partial charge on any atom is 0.163 e. The molecular formula is C13H17N5O2. The SMILES string of the molecule is Cn1cnc(CCNc2cc3c(cc2N)OCCO3)n1. The molecule has 0 saturated carbocycles. The van der Waals surface area contributed by atoms with Gasteiger partial charge in [-0.15, -0.1) is 0 Å². The normalized spacial score (nSPS) is 13.2. The van der Waals surface area contributed by atoms with Crippen molar-refractivity contribution in [1.29, 1.82) is 0 Å². The van der Waals surface area contributed by atoms with Crippen LogP contribution in [0.1, 0.15) is 5.82 Å². The van der Waals surface area contributed by atoms with Crippen LogP contribution in [0, 0.1) is 0 Å². The van der Waals surface area contributed by atoms with Gasteiger partial charge < -0.3 is 20.5 Å². The van der Waals surface area contributed by atoms with E-state index in [0.29, 0.717) is 31.2 Å². The molecule has 0 unspecified atom stereocenters. The van der Waals surface area contributed by atoms with Crippen molar-refractivity contribution < 1.29 is 9.47 Å². The molecule has 0 amide bonds. The van der Waals surface area contributed by atoms with Gasteiger partial charge in [-0.3, -0.25) is 4.68 Å². The van der Waals surface area contributed by atoms with Crippen molar-refractivity contribution in [3.63, 3.8) is 0 Å². The van der Waals surface area contributed by atoms with E-state index in [2.05, 4.69) is 15.4 Å². The van der Waals surface area contributed by atoms with Gasteiger partial charge in [-0.1, -0.05) is 0 Å². The molecule has 3 N–H and O–H groups in total. The van der Waals surface area contributed by atoms with Gasteiger partial charge in [0, 0.05) is 32.1 Å². The van der Waals surface area contributed by atoms with E-state index < -0.39 is 0 Å². The second-order valence-corrected chi connectivity index (χ2v) is 4.59. The first kappa shape index (κ1) is 12.6. The van der Waals surface area contributed by atoms with E-state index in [1.807, 2.05) is 13.1 Å². The van der Waals surface area contributed by atoms with Crippen molar-refractivity contribution in [2.75, 3.05) is 30.8 Å². The summed E-state index contributed by atoms with van der Waals surface area (Å²) in [5, 5.41) is 7.50. The summed E-state index contributed by atoms with van der Waals surface area (Å²) in [6.45, 7) is 1.83. The average Bonchev–Trinajstić information content (AvgIpc) is 2.85. The number of hydrogen-bond acceptors (Lipinski definition) is 6. The van der Waals surface area contributed by atoms with Gasteiger partial charge in [0.25, 0.3) is 0 Å². The Hall–Kier alpha value is -2.44. The summed E-state index contributed by atoms with van der Waals surface area (Å²) >= 11 is 0. The fraction of sp³-hybridized carbons (Fsp3) is 0.385. The second-order valence-electron chi connectivity index (χ2n) is 4.59. The van der Waals surface area contributed by atoms with E-state index in [1.54, 1.807) is 17.1 Å². The third-order valence-corrected chi connectivity index (χ3v) is 3.03. The number of rotatable bonds is 4. The summed E-state index contributed by atoms with van der Waals surface area (Å²) < 4.78 is 12.7. The zero-order valence-corrected chi connectivity index (χ0v) is 11.3. The topological polar surface area (TPSA) is 87.2 Å². The minimum Gasteiger partial charge on any atom is -0.486 e. The summed E-state index contributed by atoms with van der Waals surface area (Å²) in [7, 11) is 1.85. The van der Waals surface area contributed by atoms with E-state index in [1.165, 1.54) is 0 Å². The van der Waals surface area contributed by atoms with E-state index in [-0.39, 0.29) is 0 Å². The van der Waals surface area contributed by atoms with Crippen LogP contribution in [0.15, 0.2) is 18.5 Å². The van der Waals surface area contributed by atoms with Crippen molar-refractivity contribution in [2.24, 2.45) is 7.05 Å². The number of aryl methyl sites for hydroxylation is 1. The number of aromatic nitrogens is 3. The molecule has 3 rings (SSSR count). The molecule has 1 aliphatic heterocycles. The van der Waals surface area contributed by atoms with E-state index in [4.69, 9.17) is 15.2 Å². The van der Waals surface area contributed by atoms with E-state index in [9.17, 15) is 0 Å². The summed E-state index contributed by atoms with van der Waals surface area (Å²) in [6, 6.07) is 3.66. The monoisotopic (exact) mass is 275 g/mol. The average molecular weight is 275 g/mol. The lowest BCUT2D eigenvalue weighted by Crippen LogP contribution is -2.16. The maximum atomic E-state index is 5.99. The van der Waals surface area contributed by atoms with Gasteiger partial charge in [-0.2, -0.15) is 5.10 Å². The van der Waals surface area contributed by atoms with Gasteiger partial charge in [0.1, 0.15) is 19.5 Å². The lowest BCUT2D eigenvalue weighted by atomic mass is 10.2. The lowest BCUT2D eigenvalue weighted by Gasteiger charge is -2.20. The fourth-order valence-corrected chi connectivity index (χ4v) is 2.07. The predicted octanol–water partition coefficient (Wildman–Crippen LogP) is 0.823. The Kier molecular flexibility index (Phi) is 3.32. The van der Waals surface area contributed by atoms with Crippen LogP contribution in [-0.2, 0) is 13.5 Å². The number of benzene rings is 1. The quantitative estimate of drug-likeness (QED) is 0.803. The summed E-state index contributed by atoms with van der Waals surface area (Å²) in [6.07, 6.45) is 2.42. The summed E-state index contributed by atoms with van der Waals surface area (Å²) in [5.74, 6) is 2.23. The fourth-order valence-electron chi connectivity index (χ4n) is 2.07. The molecule has 2 aromatic rings. The third kappa shape index (κ3) is 2.61. The van der Waals surface area contributed by atoms with Gasteiger partial charge in [-0.25, -0.2) is 4.98 Å². The first-order valence-electron chi connectivity index (χ1n) is 6.50. The molecule has 0 bridgehead atoms. The molecule has 0 aliphatic carbocycles. The molecule has 0 radical (unpaired) electrons. The Bertz CT molecular complexity index is 611. The minimum absolute atomic E-state index is 0.560. The highest BCUT2D eigenvalue weighted by molar-refractivity contribution is 5.72. The van der Waals surface area contributed by atoms with Crippen molar-refractivity contribution in [3.05, 3.63) is 24.3 Å². The molecule has 2 heterocycles. The number of nitrogens with one attached hydrogen (secondary N) is 1. The molecule has 0 fully saturated rings. The zero-order valence-electron chi connectivity index (χ0n) is 11.3. The number of anilines is 2. The van der Waals surface area contributed by atoms with Crippen LogP contribution in [0.4, 0.5) is 11.4 Å². The molecule has 1 aromatic heterocycles. The number of nitrogen functional groups attached to an aromatic ring is 1. The molecule has 0 atom stereocenters. The van der Waals surface area contributed by atoms with E-state index in [0.717, 1.165) is 23.7 Å². The van der Waals surface area contributed by atoms with Crippen LogP contribution in [0.5, 0.6) is 11.5 Å². The van der Waals surface area contributed by atoms with Crippen molar-refractivity contribution in [3.8, 4) is 11.5 Å². The number of nitrogens with zero attached hydrogens (tertiary/aromatic N) is 3. The first-order valence-corrected chi connectivity index (χ1v) is 6.50. The maximum absolute atomic E-state index is 5.99. The Morgan fingerprint density at radius 2 is 2.05 bits per heavy atom. The van der Waals surface area contributed by atoms with E-state index >= 15 is 0 Å². The summed E-state index contributed by atoms with van der Waals surface area (Å²) in [5.41, 5.74) is 7.47.